The van der Waals surface area contributed by atoms with Crippen LogP contribution in [0, 0.1) is 34.0 Å². The summed E-state index contributed by atoms with van der Waals surface area (Å²) in [5.74, 6) is 7.13. The molecule has 11 aromatic carbocycles. The van der Waals surface area contributed by atoms with Crippen LogP contribution >= 0.6 is 34.8 Å². The number of alkyl halides is 2. The zero-order chi connectivity index (χ0) is 94.5. The Kier molecular flexibility index (Phi) is 45.1. The summed E-state index contributed by atoms with van der Waals surface area (Å²) in [4.78, 5) is 61.0. The number of carbonyl (C=O) groups is 4. The number of nitrogen functional groups attached to an aromatic ring is 2. The summed E-state index contributed by atoms with van der Waals surface area (Å²) in [6, 6.07) is 72.5. The minimum atomic E-state index is -0.525. The summed E-state index contributed by atoms with van der Waals surface area (Å²) >= 11 is 17.5. The van der Waals surface area contributed by atoms with Gasteiger partial charge in [0.1, 0.15) is 64.2 Å². The van der Waals surface area contributed by atoms with E-state index in [2.05, 4.69) is 42.6 Å². The number of primary amides is 3. The number of fused-ring (bicyclic) bond motifs is 3. The van der Waals surface area contributed by atoms with Gasteiger partial charge in [-0.1, -0.05) is 73.0 Å². The van der Waals surface area contributed by atoms with E-state index in [9.17, 15) is 29.7 Å². The summed E-state index contributed by atoms with van der Waals surface area (Å²) in [6.07, 6.45) is 6.83. The molecule has 0 unspecified atom stereocenters. The molecule has 1 saturated heterocycles. The number of anilines is 6. The third-order valence-corrected chi connectivity index (χ3v) is 20.4. The molecule has 138 heavy (non-hydrogen) atoms. The van der Waals surface area contributed by atoms with Crippen molar-refractivity contribution in [2.24, 2.45) is 17.2 Å². The number of ether oxygens (including phenoxy) is 12. The number of nitriles is 3. The predicted molar refractivity (Wildman–Crippen MR) is 545 cm³/mol. The molecule has 0 spiro atoms. The fourth-order valence-electron chi connectivity index (χ4n) is 12.8. The third kappa shape index (κ3) is 31.8. The normalized spacial score (nSPS) is 10.8. The molecule has 14 aromatic rings. The molecule has 720 valence electrons. The lowest BCUT2D eigenvalue weighted by Crippen LogP contribution is -2.37. The molecule has 1 fully saturated rings. The van der Waals surface area contributed by atoms with E-state index in [-0.39, 0.29) is 43.1 Å². The first-order chi connectivity index (χ1) is 64.6. The van der Waals surface area contributed by atoms with E-state index in [0.717, 1.165) is 62.5 Å². The standard InChI is InChI=1S/C31H31N5O5.C27H23ClN4O4.C15H15NO3.C14H12Cl2N2O2.C13H12N2O2.5CH4/c1-38-28-17-26-27(18-29(28)40-13-3-10-36-11-14-39-15-12-36)34-20-22(19-32)30(26)35-23-6-8-24(9-7-23)41-25-5-2-4-21(16-25)31(33)37;1-34-24-13-22-23(14-25(24)35-11-3-10-28)31-16-18(15-29)26(22)32-19-6-8-20(9-7-19)36-21-5-2-4-17(12-21)27(30)33;1-2-18-15(17)11-4-3-5-14(10-11)19-13-8-6-12(16)7-9-13;1-19-12-5-10-11(6-13(12)20-4-2-3-15)18-8-9(7-17)14(10)16;14-10-4-6-11(7-5-10)17-12-3-1-2-9(8-12)13(15)16;;;;;/h2,4-9,16-18,20H,3,10-15H2,1H3,(H2,33,37)(H,34,35);2,4-9,12-14,16H,3,10-11H2,1H3,(H2,30,33)(H,31,32);3-10H,2,16H2,1H3;5-6,8H,2-4H2,1H3;1-8H,14H2,(H2,15,16);5*1H4. The van der Waals surface area contributed by atoms with Crippen molar-refractivity contribution in [2.75, 3.05) is 114 Å². The van der Waals surface area contributed by atoms with Gasteiger partial charge in [0.25, 0.3) is 0 Å². The number of methoxy groups -OCH3 is 3. The highest BCUT2D eigenvalue weighted by Gasteiger charge is 2.21. The van der Waals surface area contributed by atoms with E-state index < -0.39 is 17.7 Å². The average molecular weight is 1930 g/mol. The zero-order valence-electron chi connectivity index (χ0n) is 72.8. The maximum absolute atomic E-state index is 11.6. The van der Waals surface area contributed by atoms with Crippen molar-refractivity contribution in [1.82, 2.24) is 19.9 Å². The van der Waals surface area contributed by atoms with Crippen molar-refractivity contribution in [3.05, 3.63) is 293 Å². The molecule has 0 saturated carbocycles. The van der Waals surface area contributed by atoms with Crippen molar-refractivity contribution >= 4 is 125 Å². The summed E-state index contributed by atoms with van der Waals surface area (Å²) < 4.78 is 67.2. The number of rotatable bonds is 33. The molecule has 3 amide bonds. The molecular weight excluding hydrogens is 1820 g/mol. The molecule has 30 nitrogen and oxygen atoms in total. The molecule has 4 heterocycles. The van der Waals surface area contributed by atoms with Crippen LogP contribution in [0.4, 0.5) is 34.1 Å². The van der Waals surface area contributed by atoms with Gasteiger partial charge in [-0.2, -0.15) is 15.8 Å². The number of nitrogens with two attached hydrogens (primary N) is 5. The topological polar surface area (TPSA) is 446 Å². The van der Waals surface area contributed by atoms with Gasteiger partial charge in [0, 0.05) is 124 Å². The SMILES string of the molecule is C.C.C.C.C.CCOC(=O)c1cccc(Oc2ccc(N)cc2)c1.COc1cc2c(Cl)c(C#N)cnc2cc1OCCCCl.COc1cc2c(Nc3ccc(Oc4cccc(C(N)=O)c4)cc3)c(C#N)cnc2cc1OCCCCl.COc1cc2c(Nc3ccc(Oc4cccc(C(N)=O)c4)cc3)c(C#N)cnc2cc1OCCCN1CCOCC1.NC(=O)c1cccc(Oc2ccc(N)cc2)c1. The average Bonchev–Trinajstić information content (AvgIpc) is 0.784. The van der Waals surface area contributed by atoms with Crippen LogP contribution in [0.1, 0.15) is 121 Å². The first-order valence-electron chi connectivity index (χ1n) is 41.4. The van der Waals surface area contributed by atoms with Crippen LogP contribution in [0.15, 0.2) is 249 Å². The Morgan fingerprint density at radius 2 is 0.732 bits per heavy atom. The molecular formula is C105H113Cl3N14O16. The van der Waals surface area contributed by atoms with Gasteiger partial charge in [0.15, 0.2) is 34.5 Å². The van der Waals surface area contributed by atoms with Crippen molar-refractivity contribution in [3.63, 3.8) is 0 Å². The number of nitrogens with zero attached hydrogens (tertiary/aromatic N) is 7. The first-order valence-corrected chi connectivity index (χ1v) is 42.9. The van der Waals surface area contributed by atoms with Gasteiger partial charge < -0.3 is 96.1 Å². The van der Waals surface area contributed by atoms with Crippen LogP contribution in [0.3, 0.4) is 0 Å². The smallest absolute Gasteiger partial charge is 0.338 e. The Hall–Kier alpha value is -16.0. The van der Waals surface area contributed by atoms with E-state index >= 15 is 0 Å². The van der Waals surface area contributed by atoms with Gasteiger partial charge in [0.05, 0.1) is 116 Å². The first kappa shape index (κ1) is 111. The number of carbonyl (C=O) groups excluding carboxylic acids is 4. The minimum absolute atomic E-state index is 0. The number of amides is 3. The molecule has 1 aliphatic heterocycles. The Bertz CT molecular complexity index is 6500. The van der Waals surface area contributed by atoms with Crippen LogP contribution in [0.25, 0.3) is 32.7 Å². The molecule has 15 rings (SSSR count). The van der Waals surface area contributed by atoms with Crippen LogP contribution in [0.5, 0.6) is 80.5 Å². The van der Waals surface area contributed by atoms with Crippen molar-refractivity contribution in [3.8, 4) is 98.7 Å². The van der Waals surface area contributed by atoms with Crippen LogP contribution in [-0.4, -0.2) is 136 Å². The van der Waals surface area contributed by atoms with E-state index in [4.69, 9.17) is 126 Å². The fraction of sp³-hybridized carbons (Fsp3) is 0.219. The monoisotopic (exact) mass is 1930 g/mol. The number of halogens is 3. The molecule has 0 radical (unpaired) electrons. The van der Waals surface area contributed by atoms with Crippen molar-refractivity contribution < 1.29 is 76.0 Å². The van der Waals surface area contributed by atoms with E-state index in [0.29, 0.717) is 219 Å². The molecule has 1 aliphatic rings. The molecule has 0 aliphatic carbocycles. The van der Waals surface area contributed by atoms with Gasteiger partial charge in [0.2, 0.25) is 17.7 Å². The minimum Gasteiger partial charge on any atom is -0.493 e. The van der Waals surface area contributed by atoms with E-state index in [1.807, 2.05) is 42.5 Å². The Balaban J connectivity index is 0.000000274. The van der Waals surface area contributed by atoms with E-state index in [1.54, 1.807) is 229 Å². The maximum Gasteiger partial charge on any atom is 0.338 e. The second kappa shape index (κ2) is 56.2. The highest BCUT2D eigenvalue weighted by Crippen LogP contribution is 2.42. The molecule has 0 atom stereocenters. The van der Waals surface area contributed by atoms with Gasteiger partial charge in [-0.15, -0.1) is 23.2 Å². The predicted octanol–water partition coefficient (Wildman–Crippen LogP) is 23.0. The number of morpholine rings is 1. The van der Waals surface area contributed by atoms with Gasteiger partial charge in [-0.3, -0.25) is 34.2 Å². The quantitative estimate of drug-likeness (QED) is 0.00869. The number of hydrogen-bond acceptors (Lipinski definition) is 27. The van der Waals surface area contributed by atoms with Crippen LogP contribution < -0.4 is 86.7 Å². The second-order valence-electron chi connectivity index (χ2n) is 28.7. The third-order valence-electron chi connectivity index (χ3n) is 19.5. The largest absolute Gasteiger partial charge is 0.493 e. The van der Waals surface area contributed by atoms with E-state index in [1.165, 1.54) is 12.4 Å². The number of esters is 1. The highest BCUT2D eigenvalue weighted by atomic mass is 35.5. The van der Waals surface area contributed by atoms with Crippen LogP contribution in [0.2, 0.25) is 5.02 Å². The van der Waals surface area contributed by atoms with Crippen LogP contribution in [-0.2, 0) is 9.47 Å². The molecule has 33 heteroatoms. The van der Waals surface area contributed by atoms with Gasteiger partial charge >= 0.3 is 5.97 Å². The summed E-state index contributed by atoms with van der Waals surface area (Å²) in [5.41, 5.74) is 35.8. The number of pyridine rings is 3. The number of aromatic nitrogens is 3. The van der Waals surface area contributed by atoms with Crippen molar-refractivity contribution in [1.29, 1.82) is 15.8 Å². The van der Waals surface area contributed by atoms with Crippen molar-refractivity contribution in [2.45, 2.75) is 63.3 Å². The lowest BCUT2D eigenvalue weighted by Gasteiger charge is -2.26. The Morgan fingerprint density at radius 3 is 1.07 bits per heavy atom. The lowest BCUT2D eigenvalue weighted by atomic mass is 10.1. The second-order valence-corrected chi connectivity index (χ2v) is 29.8. The summed E-state index contributed by atoms with van der Waals surface area (Å²) in [7, 11) is 4.70. The summed E-state index contributed by atoms with van der Waals surface area (Å²) in [6.45, 7) is 8.00. The molecule has 12 N–H and O–H groups in total. The fourth-order valence-corrected chi connectivity index (χ4v) is 13.3. The lowest BCUT2D eigenvalue weighted by molar-refractivity contribution is 0.0357. The Labute approximate surface area is 818 Å². The Morgan fingerprint density at radius 1 is 0.413 bits per heavy atom. The summed E-state index contributed by atoms with van der Waals surface area (Å²) in [5, 5.41) is 37.6. The van der Waals surface area contributed by atoms with Gasteiger partial charge in [-0.25, -0.2) is 4.79 Å². The van der Waals surface area contributed by atoms with Gasteiger partial charge in [-0.05, 0) is 214 Å². The molecule has 0 bridgehead atoms. The number of nitrogens with one attached hydrogen (secondary N) is 2. The molecule has 3 aromatic heterocycles. The maximum atomic E-state index is 11.6. The highest BCUT2D eigenvalue weighted by molar-refractivity contribution is 6.36. The zero-order valence-corrected chi connectivity index (χ0v) is 75.0. The number of hydrogen-bond donors (Lipinski definition) is 7. The number of benzene rings is 11.